The minimum absolute atomic E-state index is 0.647. The Morgan fingerprint density at radius 2 is 2.14 bits per heavy atom. The van der Waals surface area contributed by atoms with Crippen LogP contribution >= 0.6 is 27.5 Å². The molecule has 0 aliphatic carbocycles. The molecule has 1 aromatic carbocycles. The predicted molar refractivity (Wildman–Crippen MR) is 61.0 cm³/mol. The number of nitrogens with zero attached hydrogens (tertiary/aromatic N) is 1. The van der Waals surface area contributed by atoms with Gasteiger partial charge in [-0.05, 0) is 28.1 Å². The largest absolute Gasteiger partial charge is 0.494 e. The zero-order valence-corrected chi connectivity index (χ0v) is 9.76. The van der Waals surface area contributed by atoms with Crippen LogP contribution in [0.25, 0.3) is 10.9 Å². The van der Waals surface area contributed by atoms with Gasteiger partial charge in [0.05, 0.1) is 7.11 Å². The number of benzene rings is 1. The summed E-state index contributed by atoms with van der Waals surface area (Å²) < 4.78 is 6.11. The molecule has 0 N–H and O–H groups in total. The molecule has 2 rings (SSSR count). The lowest BCUT2D eigenvalue weighted by Gasteiger charge is -2.05. The van der Waals surface area contributed by atoms with Crippen molar-refractivity contribution in [2.45, 2.75) is 0 Å². The topological polar surface area (TPSA) is 22.1 Å². The second-order valence-corrected chi connectivity index (χ2v) is 4.19. The smallest absolute Gasteiger partial charge is 0.146 e. The van der Waals surface area contributed by atoms with Crippen molar-refractivity contribution >= 4 is 38.4 Å². The highest BCUT2D eigenvalue weighted by atomic mass is 79.9. The first-order valence-electron chi connectivity index (χ1n) is 3.99. The molecule has 72 valence electrons. The lowest BCUT2D eigenvalue weighted by Crippen LogP contribution is -1.87. The van der Waals surface area contributed by atoms with Gasteiger partial charge in [-0.2, -0.15) is 0 Å². The van der Waals surface area contributed by atoms with E-state index >= 15 is 0 Å². The first kappa shape index (κ1) is 9.74. The standard InChI is InChI=1S/C10H7BrClNO/c1-14-9-4-8(12)3-6-2-7(11)5-13-10(6)9/h2-5H,1H3. The third kappa shape index (κ3) is 1.70. The first-order chi connectivity index (χ1) is 6.70. The summed E-state index contributed by atoms with van der Waals surface area (Å²) in [6, 6.07) is 5.57. The van der Waals surface area contributed by atoms with Crippen molar-refractivity contribution in [1.82, 2.24) is 4.98 Å². The van der Waals surface area contributed by atoms with E-state index in [0.717, 1.165) is 15.4 Å². The fraction of sp³-hybridized carbons (Fsp3) is 0.100. The molecule has 4 heteroatoms. The maximum absolute atomic E-state index is 5.93. The van der Waals surface area contributed by atoms with Gasteiger partial charge in [-0.1, -0.05) is 11.6 Å². The zero-order chi connectivity index (χ0) is 10.1. The number of ether oxygens (including phenoxy) is 1. The molecule has 0 unspecified atom stereocenters. The first-order valence-corrected chi connectivity index (χ1v) is 5.16. The van der Waals surface area contributed by atoms with Gasteiger partial charge in [-0.3, -0.25) is 4.98 Å². The molecular weight excluding hydrogens is 265 g/mol. The van der Waals surface area contributed by atoms with Crippen LogP contribution < -0.4 is 4.74 Å². The van der Waals surface area contributed by atoms with Crippen LogP contribution in [0.3, 0.4) is 0 Å². The molecule has 2 aromatic rings. The molecule has 0 aliphatic heterocycles. The van der Waals surface area contributed by atoms with E-state index in [1.54, 1.807) is 19.4 Å². The van der Waals surface area contributed by atoms with Crippen molar-refractivity contribution in [3.05, 3.63) is 33.9 Å². The lowest BCUT2D eigenvalue weighted by atomic mass is 10.2. The van der Waals surface area contributed by atoms with Crippen LogP contribution in [-0.2, 0) is 0 Å². The quantitative estimate of drug-likeness (QED) is 0.790. The molecule has 1 heterocycles. The van der Waals surface area contributed by atoms with Crippen LogP contribution in [-0.4, -0.2) is 12.1 Å². The summed E-state index contributed by atoms with van der Waals surface area (Å²) in [5.74, 6) is 0.694. The Bertz CT molecular complexity index is 482. The molecule has 0 aliphatic rings. The fourth-order valence-electron chi connectivity index (χ4n) is 1.31. The number of hydrogen-bond donors (Lipinski definition) is 0. The highest BCUT2D eigenvalue weighted by Crippen LogP contribution is 2.29. The molecule has 0 saturated heterocycles. The van der Waals surface area contributed by atoms with Crippen molar-refractivity contribution in [2.24, 2.45) is 0 Å². The van der Waals surface area contributed by atoms with Crippen LogP contribution in [0.1, 0.15) is 0 Å². The van der Waals surface area contributed by atoms with Gasteiger partial charge >= 0.3 is 0 Å². The maximum atomic E-state index is 5.93. The SMILES string of the molecule is COc1cc(Cl)cc2cc(Br)cnc12. The Morgan fingerprint density at radius 1 is 1.36 bits per heavy atom. The number of hydrogen-bond acceptors (Lipinski definition) is 2. The van der Waals surface area contributed by atoms with E-state index in [1.807, 2.05) is 12.1 Å². The van der Waals surface area contributed by atoms with Gasteiger partial charge in [0.25, 0.3) is 0 Å². The van der Waals surface area contributed by atoms with Gasteiger partial charge in [0.2, 0.25) is 0 Å². The molecule has 14 heavy (non-hydrogen) atoms. The zero-order valence-electron chi connectivity index (χ0n) is 7.42. The van der Waals surface area contributed by atoms with Crippen molar-refractivity contribution in [2.75, 3.05) is 7.11 Å². The Labute approximate surface area is 95.0 Å². The summed E-state index contributed by atoms with van der Waals surface area (Å²) in [4.78, 5) is 4.26. The Hall–Kier alpha value is -0.800. The summed E-state index contributed by atoms with van der Waals surface area (Å²) in [5.41, 5.74) is 0.820. The number of fused-ring (bicyclic) bond motifs is 1. The van der Waals surface area contributed by atoms with Gasteiger partial charge in [0, 0.05) is 27.1 Å². The highest BCUT2D eigenvalue weighted by Gasteiger charge is 2.04. The molecule has 0 radical (unpaired) electrons. The molecule has 0 fully saturated rings. The van der Waals surface area contributed by atoms with E-state index in [9.17, 15) is 0 Å². The van der Waals surface area contributed by atoms with Gasteiger partial charge in [0.15, 0.2) is 0 Å². The third-order valence-corrected chi connectivity index (χ3v) is 2.55. The Balaban J connectivity index is 2.81. The average Bonchev–Trinajstić information content (AvgIpc) is 2.15. The fourth-order valence-corrected chi connectivity index (χ4v) is 1.88. The monoisotopic (exact) mass is 271 g/mol. The molecule has 0 atom stereocenters. The third-order valence-electron chi connectivity index (χ3n) is 1.90. The molecule has 0 spiro atoms. The molecule has 0 saturated carbocycles. The number of halogens is 2. The number of methoxy groups -OCH3 is 1. The highest BCUT2D eigenvalue weighted by molar-refractivity contribution is 9.10. The molecule has 1 aromatic heterocycles. The summed E-state index contributed by atoms with van der Waals surface area (Å²) >= 11 is 9.29. The lowest BCUT2D eigenvalue weighted by molar-refractivity contribution is 0.419. The summed E-state index contributed by atoms with van der Waals surface area (Å²) in [5, 5.41) is 1.61. The van der Waals surface area contributed by atoms with Crippen molar-refractivity contribution in [3.8, 4) is 5.75 Å². The number of rotatable bonds is 1. The Morgan fingerprint density at radius 3 is 2.86 bits per heavy atom. The molecule has 2 nitrogen and oxygen atoms in total. The normalized spacial score (nSPS) is 10.5. The second-order valence-electron chi connectivity index (χ2n) is 2.83. The van der Waals surface area contributed by atoms with Gasteiger partial charge in [0.1, 0.15) is 11.3 Å². The van der Waals surface area contributed by atoms with E-state index in [-0.39, 0.29) is 0 Å². The Kier molecular flexibility index (Phi) is 2.61. The number of pyridine rings is 1. The van der Waals surface area contributed by atoms with Crippen LogP contribution in [0.15, 0.2) is 28.9 Å². The summed E-state index contributed by atoms with van der Waals surface area (Å²) in [6.07, 6.45) is 1.73. The van der Waals surface area contributed by atoms with Crippen LogP contribution in [0.2, 0.25) is 5.02 Å². The number of aromatic nitrogens is 1. The molecular formula is C10H7BrClNO. The summed E-state index contributed by atoms with van der Waals surface area (Å²) in [7, 11) is 1.61. The van der Waals surface area contributed by atoms with E-state index in [1.165, 1.54) is 0 Å². The molecule has 0 amide bonds. The second kappa shape index (κ2) is 3.75. The van der Waals surface area contributed by atoms with E-state index in [4.69, 9.17) is 16.3 Å². The maximum Gasteiger partial charge on any atom is 0.146 e. The van der Waals surface area contributed by atoms with Gasteiger partial charge in [-0.25, -0.2) is 0 Å². The van der Waals surface area contributed by atoms with E-state index < -0.39 is 0 Å². The van der Waals surface area contributed by atoms with E-state index in [0.29, 0.717) is 10.8 Å². The van der Waals surface area contributed by atoms with Gasteiger partial charge < -0.3 is 4.74 Å². The van der Waals surface area contributed by atoms with Crippen LogP contribution in [0.4, 0.5) is 0 Å². The average molecular weight is 273 g/mol. The van der Waals surface area contributed by atoms with Crippen LogP contribution in [0.5, 0.6) is 5.75 Å². The predicted octanol–water partition coefficient (Wildman–Crippen LogP) is 3.66. The minimum atomic E-state index is 0.647. The van der Waals surface area contributed by atoms with Crippen molar-refractivity contribution < 1.29 is 4.74 Å². The molecule has 0 bridgehead atoms. The van der Waals surface area contributed by atoms with E-state index in [2.05, 4.69) is 20.9 Å². The van der Waals surface area contributed by atoms with Crippen molar-refractivity contribution in [3.63, 3.8) is 0 Å². The minimum Gasteiger partial charge on any atom is -0.494 e. The van der Waals surface area contributed by atoms with Gasteiger partial charge in [-0.15, -0.1) is 0 Å². The summed E-state index contributed by atoms with van der Waals surface area (Å²) in [6.45, 7) is 0. The van der Waals surface area contributed by atoms with Crippen LogP contribution in [0, 0.1) is 0 Å². The van der Waals surface area contributed by atoms with Crippen molar-refractivity contribution in [1.29, 1.82) is 0 Å².